The van der Waals surface area contributed by atoms with Crippen molar-refractivity contribution >= 4 is 12.1 Å². The predicted molar refractivity (Wildman–Crippen MR) is 141 cm³/mol. The van der Waals surface area contributed by atoms with Gasteiger partial charge in [0.05, 0.1) is 12.2 Å². The quantitative estimate of drug-likeness (QED) is 0.308. The summed E-state index contributed by atoms with van der Waals surface area (Å²) in [5, 5.41) is 10.8. The molecule has 1 amide bonds. The van der Waals surface area contributed by atoms with E-state index in [1.165, 1.54) is 0 Å². The molecule has 1 heterocycles. The van der Waals surface area contributed by atoms with Gasteiger partial charge in [0.1, 0.15) is 13.2 Å². The van der Waals surface area contributed by atoms with Crippen LogP contribution in [0.15, 0.2) is 66.9 Å². The molecule has 3 aromatic rings. The molecule has 2 saturated carbocycles. The van der Waals surface area contributed by atoms with Crippen LogP contribution in [0.1, 0.15) is 22.9 Å². The van der Waals surface area contributed by atoms with Gasteiger partial charge >= 0.3 is 29.1 Å². The maximum atomic E-state index is 12.8. The van der Waals surface area contributed by atoms with Crippen LogP contribution in [0.2, 0.25) is 0 Å². The first kappa shape index (κ1) is 30.4. The Kier molecular flexibility index (Phi) is 13.0. The molecule has 0 saturated heterocycles. The fraction of sp³-hybridized carbons (Fsp3) is 0.133. The minimum atomic E-state index is -0.995. The average Bonchev–Trinajstić information content (AvgIpc) is 3.76. The first-order valence-corrected chi connectivity index (χ1v) is 12.2. The Bertz CT molecular complexity index is 1110. The molecule has 1 N–H and O–H groups in total. The van der Waals surface area contributed by atoms with E-state index >= 15 is 0 Å². The fourth-order valence-corrected chi connectivity index (χ4v) is 3.54. The first-order valence-electron chi connectivity index (χ1n) is 12.2. The largest absolute Gasteiger partial charge is 2.00 e. The van der Waals surface area contributed by atoms with Crippen LogP contribution < -0.4 is 5.32 Å². The summed E-state index contributed by atoms with van der Waals surface area (Å²) in [6.45, 7) is 0.507. The number of benzene rings is 2. The molecule has 1 aromatic heterocycles. The van der Waals surface area contributed by atoms with Gasteiger partial charge in [-0.05, 0) is 68.9 Å². The van der Waals surface area contributed by atoms with Gasteiger partial charge in [0.15, 0.2) is 6.04 Å². The van der Waals surface area contributed by atoms with Crippen molar-refractivity contribution < 1.29 is 36.1 Å². The normalized spacial score (nSPS) is 15.4. The number of alkyl carbamates (subject to hydrolysis) is 1. The Morgan fingerprint density at radius 1 is 0.821 bits per heavy atom. The maximum absolute atomic E-state index is 12.8. The van der Waals surface area contributed by atoms with Gasteiger partial charge < -0.3 is 14.8 Å². The van der Waals surface area contributed by atoms with Crippen LogP contribution in [0.3, 0.4) is 0 Å². The first-order chi connectivity index (χ1) is 18.7. The molecule has 2 aliphatic carbocycles. The van der Waals surface area contributed by atoms with Crippen LogP contribution in [0, 0.1) is 63.7 Å². The van der Waals surface area contributed by atoms with Gasteiger partial charge in [0.25, 0.3) is 0 Å². The van der Waals surface area contributed by atoms with Crippen molar-refractivity contribution in [3.63, 3.8) is 0 Å². The van der Waals surface area contributed by atoms with E-state index in [9.17, 15) is 9.59 Å². The van der Waals surface area contributed by atoms with Crippen molar-refractivity contribution in [1.29, 1.82) is 0 Å². The zero-order valence-corrected chi connectivity index (χ0v) is 22.2. The molecule has 2 aliphatic rings. The number of hydrogen-bond acceptors (Lipinski definition) is 6. The summed E-state index contributed by atoms with van der Waals surface area (Å²) in [5.74, 6) is 0.384. The number of rotatable bonds is 9. The molecule has 5 rings (SSSR count). The summed E-state index contributed by atoms with van der Waals surface area (Å²) in [6, 6.07) is 17.2. The van der Waals surface area contributed by atoms with Crippen molar-refractivity contribution in [2.75, 3.05) is 6.61 Å². The number of carbonyl (C=O) groups excluding carboxylic acids is 2. The van der Waals surface area contributed by atoms with Crippen LogP contribution in [-0.2, 0) is 44.5 Å². The number of amides is 1. The van der Waals surface area contributed by atoms with Crippen molar-refractivity contribution in [3.05, 3.63) is 147 Å². The second-order valence-corrected chi connectivity index (χ2v) is 8.22. The van der Waals surface area contributed by atoms with Gasteiger partial charge in [-0.15, -0.1) is 5.10 Å². The summed E-state index contributed by atoms with van der Waals surface area (Å²) in [4.78, 5) is 25.1. The minimum absolute atomic E-state index is 0. The van der Waals surface area contributed by atoms with E-state index in [1.807, 2.05) is 94.2 Å². The van der Waals surface area contributed by atoms with Crippen molar-refractivity contribution in [2.24, 2.45) is 0 Å². The van der Waals surface area contributed by atoms with Crippen LogP contribution in [0.5, 0.6) is 0 Å². The summed E-state index contributed by atoms with van der Waals surface area (Å²) >= 11 is 0. The van der Waals surface area contributed by atoms with E-state index in [0.29, 0.717) is 12.1 Å². The van der Waals surface area contributed by atoms with Crippen LogP contribution in [0.25, 0.3) is 0 Å². The van der Waals surface area contributed by atoms with Crippen molar-refractivity contribution in [1.82, 2.24) is 20.3 Å². The minimum Gasteiger partial charge on any atom is -0.462 e. The number of carbonyl (C=O) groups is 2. The number of nitrogens with one attached hydrogen (secondary N) is 1. The van der Waals surface area contributed by atoms with E-state index in [2.05, 4.69) is 15.6 Å². The Labute approximate surface area is 241 Å². The monoisotopic (exact) mass is 564 g/mol. The molecular formula is C30H28FeN4O4+2. The molecule has 1 atom stereocenters. The molecular weight excluding hydrogens is 536 g/mol. The molecule has 2 fully saturated rings. The van der Waals surface area contributed by atoms with E-state index in [1.54, 1.807) is 35.1 Å². The molecule has 0 unspecified atom stereocenters. The third kappa shape index (κ3) is 10.2. The molecule has 198 valence electrons. The van der Waals surface area contributed by atoms with Crippen LogP contribution in [-0.4, -0.2) is 33.7 Å². The van der Waals surface area contributed by atoms with Gasteiger partial charge in [-0.2, -0.15) is 0 Å². The number of ether oxygens (including phenoxy) is 2. The summed E-state index contributed by atoms with van der Waals surface area (Å²) in [6.07, 6.45) is 18.8. The Morgan fingerprint density at radius 3 is 2.08 bits per heavy atom. The molecule has 2 aromatic carbocycles. The molecule has 0 aliphatic heterocycles. The second kappa shape index (κ2) is 16.7. The Morgan fingerprint density at radius 2 is 1.44 bits per heavy atom. The van der Waals surface area contributed by atoms with E-state index in [4.69, 9.17) is 9.47 Å². The van der Waals surface area contributed by atoms with E-state index < -0.39 is 18.1 Å². The van der Waals surface area contributed by atoms with Gasteiger partial charge in [-0.25, -0.2) is 14.3 Å². The smallest absolute Gasteiger partial charge is 0.462 e. The fourth-order valence-electron chi connectivity index (χ4n) is 3.54. The summed E-state index contributed by atoms with van der Waals surface area (Å²) in [5.41, 5.74) is 2.19. The Balaban J connectivity index is 0.000000630. The third-order valence-corrected chi connectivity index (χ3v) is 5.46. The molecule has 9 heteroatoms. The maximum Gasteiger partial charge on any atom is 2.00 e. The molecule has 0 bridgehead atoms. The molecule has 0 spiro atoms. The zero-order chi connectivity index (χ0) is 26.4. The SMILES string of the molecule is O=C(N[C@H](C(=O)OCCn1cc([C]2[CH][CH][CH][CH]2)nn1)c1ccccc1)OCc1ccccc1.[CH]1[CH][CH][CH][CH]1.[Fe+2]. The standard InChI is InChI=1S/C25H23N4O4.C5H5.Fe/c30-24(32-16-15-29-17-22(27-28-29)20-11-7-8-12-20)23(21-13-5-2-6-14-21)26-25(31)33-18-19-9-3-1-4-10-19;1-2-4-5-3-1;/h1-14,17,23H,15-16,18H2,(H,26,31);1-5H;/q;;+2/t23-;;/m0../s1. The third-order valence-electron chi connectivity index (χ3n) is 5.46. The van der Waals surface area contributed by atoms with Crippen molar-refractivity contribution in [3.8, 4) is 0 Å². The number of aromatic nitrogens is 3. The molecule has 10 radical (unpaired) electrons. The van der Waals surface area contributed by atoms with Gasteiger partial charge in [0, 0.05) is 12.1 Å². The van der Waals surface area contributed by atoms with Crippen LogP contribution >= 0.6 is 0 Å². The summed E-state index contributed by atoms with van der Waals surface area (Å²) < 4.78 is 12.3. The average molecular weight is 564 g/mol. The topological polar surface area (TPSA) is 95.3 Å². The van der Waals surface area contributed by atoms with Crippen molar-refractivity contribution in [2.45, 2.75) is 19.2 Å². The number of nitrogens with zero attached hydrogens (tertiary/aromatic N) is 3. The van der Waals surface area contributed by atoms with Gasteiger partial charge in [-0.1, -0.05) is 65.9 Å². The van der Waals surface area contributed by atoms with Gasteiger partial charge in [-0.3, -0.25) is 0 Å². The predicted octanol–water partition coefficient (Wildman–Crippen LogP) is 4.26. The van der Waals surface area contributed by atoms with E-state index in [-0.39, 0.29) is 30.3 Å². The van der Waals surface area contributed by atoms with Gasteiger partial charge in [0.2, 0.25) is 0 Å². The van der Waals surface area contributed by atoms with Crippen LogP contribution in [0.4, 0.5) is 4.79 Å². The molecule has 8 nitrogen and oxygen atoms in total. The summed E-state index contributed by atoms with van der Waals surface area (Å²) in [7, 11) is 0. The zero-order valence-electron chi connectivity index (χ0n) is 21.1. The Hall–Kier alpha value is -3.16. The second-order valence-electron chi connectivity index (χ2n) is 8.22. The number of hydrogen-bond donors (Lipinski definition) is 1. The molecule has 39 heavy (non-hydrogen) atoms. The van der Waals surface area contributed by atoms with E-state index in [0.717, 1.165) is 17.2 Å². The number of esters is 1.